The molecule has 0 aliphatic heterocycles. The highest BCUT2D eigenvalue weighted by Crippen LogP contribution is 1.75. The number of rotatable bonds is 4. The SMILES string of the molecule is C#CCOOCC=C. The first-order valence-corrected chi connectivity index (χ1v) is 2.20. The zero-order valence-corrected chi connectivity index (χ0v) is 4.59. The van der Waals surface area contributed by atoms with E-state index in [2.05, 4.69) is 22.3 Å². The van der Waals surface area contributed by atoms with Gasteiger partial charge in [-0.2, -0.15) is 0 Å². The van der Waals surface area contributed by atoms with E-state index < -0.39 is 0 Å². The minimum Gasteiger partial charge on any atom is -0.232 e. The van der Waals surface area contributed by atoms with Gasteiger partial charge in [0.05, 0.1) is 0 Å². The van der Waals surface area contributed by atoms with Crippen molar-refractivity contribution in [2.24, 2.45) is 0 Å². The first-order valence-electron chi connectivity index (χ1n) is 2.20. The van der Waals surface area contributed by atoms with Gasteiger partial charge in [0, 0.05) is 0 Å². The molecule has 2 heteroatoms. The van der Waals surface area contributed by atoms with Crippen molar-refractivity contribution in [1.82, 2.24) is 0 Å². The molecule has 0 rings (SSSR count). The van der Waals surface area contributed by atoms with Crippen molar-refractivity contribution >= 4 is 0 Å². The minimum absolute atomic E-state index is 0.188. The number of terminal acetylenes is 1. The monoisotopic (exact) mass is 112 g/mol. The summed E-state index contributed by atoms with van der Waals surface area (Å²) in [5.41, 5.74) is 0. The summed E-state index contributed by atoms with van der Waals surface area (Å²) < 4.78 is 0. The van der Waals surface area contributed by atoms with Crippen LogP contribution in [0.25, 0.3) is 0 Å². The Labute approximate surface area is 49.0 Å². The molecular formula is C6H8O2. The fourth-order valence-corrected chi connectivity index (χ4v) is 0.172. The molecule has 0 saturated heterocycles. The average Bonchev–Trinajstić information content (AvgIpc) is 1.81. The topological polar surface area (TPSA) is 18.5 Å². The van der Waals surface area contributed by atoms with Crippen LogP contribution in [-0.4, -0.2) is 13.2 Å². The van der Waals surface area contributed by atoms with Gasteiger partial charge in [-0.3, -0.25) is 0 Å². The van der Waals surface area contributed by atoms with Gasteiger partial charge in [0.15, 0.2) is 0 Å². The molecule has 0 aromatic carbocycles. The molecule has 0 N–H and O–H groups in total. The first kappa shape index (κ1) is 7.22. The molecule has 44 valence electrons. The molecule has 0 aliphatic rings. The van der Waals surface area contributed by atoms with Crippen molar-refractivity contribution in [2.75, 3.05) is 13.2 Å². The van der Waals surface area contributed by atoms with E-state index in [0.717, 1.165) is 0 Å². The van der Waals surface area contributed by atoms with Crippen LogP contribution in [0.4, 0.5) is 0 Å². The summed E-state index contributed by atoms with van der Waals surface area (Å²) in [6.45, 7) is 3.97. The molecule has 0 radical (unpaired) electrons. The molecule has 0 aromatic heterocycles. The molecular weight excluding hydrogens is 104 g/mol. The third-order valence-corrected chi connectivity index (χ3v) is 0.411. The van der Waals surface area contributed by atoms with E-state index >= 15 is 0 Å². The molecule has 0 atom stereocenters. The van der Waals surface area contributed by atoms with Crippen LogP contribution in [-0.2, 0) is 9.78 Å². The number of hydrogen-bond donors (Lipinski definition) is 0. The standard InChI is InChI=1S/C6H8O2/c1-3-5-7-8-6-4-2/h1,4H,2,5-6H2. The van der Waals surface area contributed by atoms with E-state index in [1.807, 2.05) is 0 Å². The summed E-state index contributed by atoms with van der Waals surface area (Å²) in [4.78, 5) is 8.88. The highest BCUT2D eigenvalue weighted by atomic mass is 17.2. The molecule has 2 nitrogen and oxygen atoms in total. The van der Waals surface area contributed by atoms with Crippen LogP contribution in [0.1, 0.15) is 0 Å². The number of hydrogen-bond acceptors (Lipinski definition) is 2. The van der Waals surface area contributed by atoms with Crippen molar-refractivity contribution in [3.63, 3.8) is 0 Å². The highest BCUT2D eigenvalue weighted by Gasteiger charge is 1.76. The van der Waals surface area contributed by atoms with Crippen LogP contribution in [0.5, 0.6) is 0 Å². The molecule has 0 aromatic rings. The van der Waals surface area contributed by atoms with Crippen molar-refractivity contribution in [2.45, 2.75) is 0 Å². The van der Waals surface area contributed by atoms with Crippen LogP contribution in [0.2, 0.25) is 0 Å². The van der Waals surface area contributed by atoms with Gasteiger partial charge < -0.3 is 0 Å². The quantitative estimate of drug-likeness (QED) is 0.176. The Kier molecular flexibility index (Phi) is 5.61. The van der Waals surface area contributed by atoms with E-state index in [1.165, 1.54) is 0 Å². The Morgan fingerprint density at radius 3 is 2.88 bits per heavy atom. The van der Waals surface area contributed by atoms with Gasteiger partial charge >= 0.3 is 0 Å². The summed E-state index contributed by atoms with van der Waals surface area (Å²) in [7, 11) is 0. The lowest BCUT2D eigenvalue weighted by molar-refractivity contribution is -0.275. The van der Waals surface area contributed by atoms with Gasteiger partial charge in [-0.15, -0.1) is 13.0 Å². The summed E-state index contributed by atoms with van der Waals surface area (Å²) >= 11 is 0. The molecule has 0 amide bonds. The largest absolute Gasteiger partial charge is 0.232 e. The Morgan fingerprint density at radius 2 is 2.38 bits per heavy atom. The maximum absolute atomic E-state index is 4.83. The van der Waals surface area contributed by atoms with Crippen LogP contribution < -0.4 is 0 Å². The third-order valence-electron chi connectivity index (χ3n) is 0.411. The van der Waals surface area contributed by atoms with E-state index in [1.54, 1.807) is 6.08 Å². The van der Waals surface area contributed by atoms with Gasteiger partial charge in [-0.1, -0.05) is 12.0 Å². The minimum atomic E-state index is 0.188. The molecule has 0 bridgehead atoms. The summed E-state index contributed by atoms with van der Waals surface area (Å²) in [6, 6.07) is 0. The second-order valence-corrected chi connectivity index (χ2v) is 1.04. The Bertz CT molecular complexity index is 91.2. The predicted molar refractivity (Wildman–Crippen MR) is 30.9 cm³/mol. The van der Waals surface area contributed by atoms with Crippen LogP contribution in [0, 0.1) is 12.3 Å². The molecule has 0 fully saturated rings. The van der Waals surface area contributed by atoms with Crippen molar-refractivity contribution in [3.8, 4) is 12.3 Å². The van der Waals surface area contributed by atoms with Crippen molar-refractivity contribution < 1.29 is 9.78 Å². The van der Waals surface area contributed by atoms with Crippen LogP contribution in [0.15, 0.2) is 12.7 Å². The summed E-state index contributed by atoms with van der Waals surface area (Å²) in [5, 5.41) is 0. The normalized spacial score (nSPS) is 7.88. The van der Waals surface area contributed by atoms with Gasteiger partial charge in [0.1, 0.15) is 13.2 Å². The zero-order chi connectivity index (χ0) is 6.24. The van der Waals surface area contributed by atoms with E-state index in [0.29, 0.717) is 6.61 Å². The molecule has 0 unspecified atom stereocenters. The Hall–Kier alpha value is -0.780. The highest BCUT2D eigenvalue weighted by molar-refractivity contribution is 4.82. The fraction of sp³-hybridized carbons (Fsp3) is 0.333. The third kappa shape index (κ3) is 5.22. The molecule has 0 spiro atoms. The van der Waals surface area contributed by atoms with Crippen molar-refractivity contribution in [3.05, 3.63) is 12.7 Å². The van der Waals surface area contributed by atoms with Crippen LogP contribution in [0.3, 0.4) is 0 Å². The van der Waals surface area contributed by atoms with E-state index in [-0.39, 0.29) is 6.61 Å². The molecule has 0 heterocycles. The lowest BCUT2D eigenvalue weighted by Crippen LogP contribution is -1.93. The van der Waals surface area contributed by atoms with Gasteiger partial charge in [0.25, 0.3) is 0 Å². The van der Waals surface area contributed by atoms with E-state index in [4.69, 9.17) is 6.42 Å². The summed E-state index contributed by atoms with van der Waals surface area (Å²) in [5.74, 6) is 2.25. The van der Waals surface area contributed by atoms with Gasteiger partial charge in [-0.25, -0.2) is 9.78 Å². The maximum Gasteiger partial charge on any atom is 0.142 e. The van der Waals surface area contributed by atoms with E-state index in [9.17, 15) is 0 Å². The molecule has 0 saturated carbocycles. The van der Waals surface area contributed by atoms with Crippen molar-refractivity contribution in [1.29, 1.82) is 0 Å². The average molecular weight is 112 g/mol. The second kappa shape index (κ2) is 6.22. The smallest absolute Gasteiger partial charge is 0.142 e. The molecule has 8 heavy (non-hydrogen) atoms. The van der Waals surface area contributed by atoms with Crippen LogP contribution >= 0.6 is 0 Å². The molecule has 0 aliphatic carbocycles. The Balaban J connectivity index is 2.74. The summed E-state index contributed by atoms with van der Waals surface area (Å²) in [6.07, 6.45) is 6.41. The van der Waals surface area contributed by atoms with Gasteiger partial charge in [0.2, 0.25) is 0 Å². The van der Waals surface area contributed by atoms with Gasteiger partial charge in [-0.05, 0) is 0 Å². The lowest BCUT2D eigenvalue weighted by Gasteiger charge is -1.93. The fourth-order valence-electron chi connectivity index (χ4n) is 0.172. The maximum atomic E-state index is 4.83. The Morgan fingerprint density at radius 1 is 1.62 bits per heavy atom. The lowest BCUT2D eigenvalue weighted by atomic mass is 10.7. The zero-order valence-electron chi connectivity index (χ0n) is 4.59. The first-order chi connectivity index (χ1) is 3.91. The second-order valence-electron chi connectivity index (χ2n) is 1.04. The predicted octanol–water partition coefficient (Wildman–Crippen LogP) is 0.754.